The van der Waals surface area contributed by atoms with Gasteiger partial charge in [-0.2, -0.15) is 5.10 Å². The van der Waals surface area contributed by atoms with Gasteiger partial charge < -0.3 is 5.11 Å². The predicted octanol–water partition coefficient (Wildman–Crippen LogP) is 3.12. The first-order valence-corrected chi connectivity index (χ1v) is 8.66. The number of rotatable bonds is 9. The lowest BCUT2D eigenvalue weighted by Crippen LogP contribution is -2.52. The van der Waals surface area contributed by atoms with Crippen LogP contribution >= 0.6 is 0 Å². The van der Waals surface area contributed by atoms with Crippen molar-refractivity contribution in [3.05, 3.63) is 60.2 Å². The highest BCUT2D eigenvalue weighted by molar-refractivity contribution is 5.27. The quantitative estimate of drug-likeness (QED) is 0.695. The van der Waals surface area contributed by atoms with Crippen molar-refractivity contribution in [3.63, 3.8) is 0 Å². The highest BCUT2D eigenvalue weighted by Gasteiger charge is 2.41. The van der Waals surface area contributed by atoms with Crippen LogP contribution in [0.25, 0.3) is 0 Å². The monoisotopic (exact) mass is 364 g/mol. The second-order valence-electron chi connectivity index (χ2n) is 6.65. The molecule has 7 heteroatoms. The number of aliphatic hydroxyl groups is 1. The first kappa shape index (κ1) is 20.2. The molecule has 1 aromatic heterocycles. The molecule has 0 aliphatic carbocycles. The van der Waals surface area contributed by atoms with Crippen LogP contribution in [0.1, 0.15) is 32.8 Å². The van der Waals surface area contributed by atoms with Gasteiger partial charge in [0.2, 0.25) is 0 Å². The van der Waals surface area contributed by atoms with E-state index in [1.165, 1.54) is 23.4 Å². The van der Waals surface area contributed by atoms with Gasteiger partial charge in [-0.25, -0.2) is 18.4 Å². The fraction of sp³-hybridized carbons (Fsp3) is 0.474. The van der Waals surface area contributed by atoms with Crippen molar-refractivity contribution in [1.82, 2.24) is 19.7 Å². The first-order chi connectivity index (χ1) is 12.3. The summed E-state index contributed by atoms with van der Waals surface area (Å²) in [6, 6.07) is 2.79. The van der Waals surface area contributed by atoms with Gasteiger partial charge in [-0.3, -0.25) is 4.90 Å². The van der Waals surface area contributed by atoms with Crippen molar-refractivity contribution >= 4 is 0 Å². The Bertz CT molecular complexity index is 735. The Kier molecular flexibility index (Phi) is 6.61. The molecule has 0 saturated carbocycles. The third-order valence-corrected chi connectivity index (χ3v) is 4.74. The van der Waals surface area contributed by atoms with E-state index < -0.39 is 23.3 Å². The van der Waals surface area contributed by atoms with E-state index in [1.807, 2.05) is 20.8 Å². The molecule has 0 radical (unpaired) electrons. The van der Waals surface area contributed by atoms with Gasteiger partial charge in [0.1, 0.15) is 29.9 Å². The van der Waals surface area contributed by atoms with Gasteiger partial charge >= 0.3 is 0 Å². The van der Waals surface area contributed by atoms with Crippen molar-refractivity contribution in [2.45, 2.75) is 45.4 Å². The molecule has 0 spiro atoms. The van der Waals surface area contributed by atoms with Gasteiger partial charge in [0.25, 0.3) is 0 Å². The number of likely N-dealkylation sites (N-methyl/N-ethyl adjacent to an activating group) is 1. The molecule has 2 rings (SSSR count). The number of benzene rings is 1. The summed E-state index contributed by atoms with van der Waals surface area (Å²) in [5.41, 5.74) is -0.546. The summed E-state index contributed by atoms with van der Waals surface area (Å²) in [5.74, 6) is -1.47. The fourth-order valence-electron chi connectivity index (χ4n) is 3.11. The maximum Gasteiger partial charge on any atom is 0.137 e. The van der Waals surface area contributed by atoms with Crippen LogP contribution in [0.4, 0.5) is 8.78 Å². The predicted molar refractivity (Wildman–Crippen MR) is 96.4 cm³/mol. The standard InChI is InChI=1S/C19H26F2N4O/c1-5-24(9-8-14(2)3)15(4)19(26,11-25-13-22-12-23-25)17-7-6-16(20)10-18(17)21/h6-7,10,12-13,15,26H,2,5,8-9,11H2,1,3-4H3/t15-,19-/m1/s1. The van der Waals surface area contributed by atoms with Crippen LogP contribution in [0.15, 0.2) is 43.0 Å². The van der Waals surface area contributed by atoms with Gasteiger partial charge in [-0.15, -0.1) is 6.58 Å². The average molecular weight is 364 g/mol. The molecule has 0 unspecified atom stereocenters. The van der Waals surface area contributed by atoms with E-state index in [0.717, 1.165) is 24.1 Å². The normalized spacial score (nSPS) is 15.0. The maximum absolute atomic E-state index is 14.5. The van der Waals surface area contributed by atoms with E-state index in [9.17, 15) is 13.9 Å². The summed E-state index contributed by atoms with van der Waals surface area (Å²) in [7, 11) is 0. The molecule has 1 N–H and O–H groups in total. The van der Waals surface area contributed by atoms with Crippen LogP contribution in [0.3, 0.4) is 0 Å². The smallest absolute Gasteiger partial charge is 0.137 e. The van der Waals surface area contributed by atoms with Crippen molar-refractivity contribution in [3.8, 4) is 0 Å². The number of halogens is 2. The van der Waals surface area contributed by atoms with Gasteiger partial charge in [-0.05, 0) is 32.9 Å². The number of hydrogen-bond acceptors (Lipinski definition) is 4. The van der Waals surface area contributed by atoms with Crippen LogP contribution < -0.4 is 0 Å². The third kappa shape index (κ3) is 4.53. The number of aromatic nitrogens is 3. The highest BCUT2D eigenvalue weighted by atomic mass is 19.1. The third-order valence-electron chi connectivity index (χ3n) is 4.74. The Balaban J connectivity index is 2.43. The first-order valence-electron chi connectivity index (χ1n) is 8.66. The van der Waals surface area contributed by atoms with Crippen molar-refractivity contribution in [2.24, 2.45) is 0 Å². The minimum absolute atomic E-state index is 0.000288. The minimum atomic E-state index is -1.61. The van der Waals surface area contributed by atoms with Crippen LogP contribution in [0, 0.1) is 11.6 Å². The van der Waals surface area contributed by atoms with Crippen LogP contribution in [0.2, 0.25) is 0 Å². The lowest BCUT2D eigenvalue weighted by atomic mass is 9.85. The SMILES string of the molecule is C=C(C)CCN(CC)[C@H](C)[C@](O)(Cn1cncn1)c1ccc(F)cc1F. The molecule has 0 saturated heterocycles. The Labute approximate surface area is 153 Å². The van der Waals surface area contributed by atoms with Crippen LogP contribution in [-0.2, 0) is 12.1 Å². The lowest BCUT2D eigenvalue weighted by Gasteiger charge is -2.41. The molecular formula is C19H26F2N4O. The van der Waals surface area contributed by atoms with E-state index in [1.54, 1.807) is 0 Å². The molecule has 0 aliphatic rings. The van der Waals surface area contributed by atoms with E-state index in [4.69, 9.17) is 0 Å². The van der Waals surface area contributed by atoms with Gasteiger partial charge in [-0.1, -0.05) is 18.6 Å². The second-order valence-corrected chi connectivity index (χ2v) is 6.65. The largest absolute Gasteiger partial charge is 0.381 e. The zero-order valence-corrected chi connectivity index (χ0v) is 15.5. The second kappa shape index (κ2) is 8.51. The molecular weight excluding hydrogens is 338 g/mol. The van der Waals surface area contributed by atoms with E-state index in [0.29, 0.717) is 13.1 Å². The Hall–Kier alpha value is -2.12. The van der Waals surface area contributed by atoms with Crippen LogP contribution in [-0.4, -0.2) is 43.9 Å². The molecule has 5 nitrogen and oxygen atoms in total. The summed E-state index contributed by atoms with van der Waals surface area (Å²) in [6.45, 7) is 11.0. The van der Waals surface area contributed by atoms with E-state index in [2.05, 4.69) is 21.6 Å². The number of hydrogen-bond donors (Lipinski definition) is 1. The minimum Gasteiger partial charge on any atom is -0.381 e. The molecule has 26 heavy (non-hydrogen) atoms. The van der Waals surface area contributed by atoms with Crippen molar-refractivity contribution < 1.29 is 13.9 Å². The van der Waals surface area contributed by atoms with E-state index in [-0.39, 0.29) is 12.1 Å². The van der Waals surface area contributed by atoms with Crippen molar-refractivity contribution in [2.75, 3.05) is 13.1 Å². The summed E-state index contributed by atoms with van der Waals surface area (Å²) < 4.78 is 29.4. The van der Waals surface area contributed by atoms with Crippen LogP contribution in [0.5, 0.6) is 0 Å². The fourth-order valence-corrected chi connectivity index (χ4v) is 3.11. The van der Waals surface area contributed by atoms with Gasteiger partial charge in [0.15, 0.2) is 0 Å². The summed E-state index contributed by atoms with van der Waals surface area (Å²) >= 11 is 0. The van der Waals surface area contributed by atoms with Crippen molar-refractivity contribution in [1.29, 1.82) is 0 Å². The molecule has 0 bridgehead atoms. The average Bonchev–Trinajstić information content (AvgIpc) is 3.07. The Morgan fingerprint density at radius 3 is 2.69 bits per heavy atom. The molecule has 2 atom stereocenters. The Morgan fingerprint density at radius 1 is 1.42 bits per heavy atom. The zero-order valence-electron chi connectivity index (χ0n) is 15.5. The molecule has 0 aliphatic heterocycles. The summed E-state index contributed by atoms with van der Waals surface area (Å²) in [4.78, 5) is 5.93. The van der Waals surface area contributed by atoms with Gasteiger partial charge in [0.05, 0.1) is 6.54 Å². The maximum atomic E-state index is 14.5. The Morgan fingerprint density at radius 2 is 2.15 bits per heavy atom. The molecule has 1 aromatic carbocycles. The molecule has 0 amide bonds. The van der Waals surface area contributed by atoms with Gasteiger partial charge in [0, 0.05) is 24.2 Å². The molecule has 1 heterocycles. The molecule has 2 aromatic rings. The topological polar surface area (TPSA) is 54.2 Å². The molecule has 142 valence electrons. The lowest BCUT2D eigenvalue weighted by molar-refractivity contribution is -0.0624. The zero-order chi connectivity index (χ0) is 19.3. The highest BCUT2D eigenvalue weighted by Crippen LogP contribution is 2.32. The number of nitrogens with zero attached hydrogens (tertiary/aromatic N) is 4. The summed E-state index contributed by atoms with van der Waals surface area (Å²) in [5, 5.41) is 15.6. The van der Waals surface area contributed by atoms with E-state index >= 15 is 0 Å². The molecule has 0 fully saturated rings. The summed E-state index contributed by atoms with van der Waals surface area (Å²) in [6.07, 6.45) is 3.58.